The Hall–Kier alpha value is -1.96. The standard InChI is InChI=1S/C13H19N3O4S/c1-9(8-21(4)20)15(3)11-6-5-10(13(17)14-2)7-12(11)16(18)19/h5-7,9H,8H2,1-4H3,(H,14,17). The van der Waals surface area contributed by atoms with Crippen molar-refractivity contribution in [3.63, 3.8) is 0 Å². The molecule has 21 heavy (non-hydrogen) atoms. The maximum atomic E-state index is 11.6. The van der Waals surface area contributed by atoms with E-state index in [1.165, 1.54) is 25.2 Å². The number of anilines is 1. The van der Waals surface area contributed by atoms with Gasteiger partial charge in [-0.3, -0.25) is 19.1 Å². The Labute approximate surface area is 125 Å². The molecule has 2 atom stereocenters. The van der Waals surface area contributed by atoms with Crippen molar-refractivity contribution in [2.75, 3.05) is 31.0 Å². The molecule has 1 amide bonds. The molecule has 1 aromatic carbocycles. The number of hydrogen-bond donors (Lipinski definition) is 1. The predicted molar refractivity (Wildman–Crippen MR) is 83.3 cm³/mol. The molecule has 0 aliphatic rings. The molecule has 2 unspecified atom stereocenters. The summed E-state index contributed by atoms with van der Waals surface area (Å²) in [5, 5.41) is 13.7. The number of rotatable bonds is 6. The van der Waals surface area contributed by atoms with Crippen molar-refractivity contribution in [1.82, 2.24) is 5.32 Å². The Morgan fingerprint density at radius 3 is 2.62 bits per heavy atom. The van der Waals surface area contributed by atoms with Crippen molar-refractivity contribution in [2.24, 2.45) is 0 Å². The highest BCUT2D eigenvalue weighted by Gasteiger charge is 2.22. The number of hydrogen-bond acceptors (Lipinski definition) is 5. The van der Waals surface area contributed by atoms with Gasteiger partial charge in [0.05, 0.1) is 4.92 Å². The topological polar surface area (TPSA) is 92.6 Å². The van der Waals surface area contributed by atoms with Gasteiger partial charge in [0.25, 0.3) is 11.6 Å². The molecule has 8 heteroatoms. The fraction of sp³-hybridized carbons (Fsp3) is 0.462. The van der Waals surface area contributed by atoms with Crippen molar-refractivity contribution >= 4 is 28.1 Å². The fourth-order valence-corrected chi connectivity index (χ4v) is 2.85. The second kappa shape index (κ2) is 7.16. The summed E-state index contributed by atoms with van der Waals surface area (Å²) in [6, 6.07) is 4.20. The van der Waals surface area contributed by atoms with Gasteiger partial charge in [-0.05, 0) is 19.1 Å². The number of nitro benzene ring substituents is 1. The third-order valence-corrected chi connectivity index (χ3v) is 4.13. The van der Waals surface area contributed by atoms with Gasteiger partial charge in [-0.15, -0.1) is 0 Å². The van der Waals surface area contributed by atoms with E-state index in [1.807, 2.05) is 6.92 Å². The van der Waals surface area contributed by atoms with E-state index in [9.17, 15) is 19.1 Å². The lowest BCUT2D eigenvalue weighted by Crippen LogP contribution is -2.33. The zero-order valence-electron chi connectivity index (χ0n) is 12.5. The van der Waals surface area contributed by atoms with Crippen LogP contribution < -0.4 is 10.2 Å². The molecule has 0 fully saturated rings. The van der Waals surface area contributed by atoms with Gasteiger partial charge >= 0.3 is 0 Å². The van der Waals surface area contributed by atoms with Crippen LogP contribution in [0.2, 0.25) is 0 Å². The largest absolute Gasteiger partial charge is 0.365 e. The molecular formula is C13H19N3O4S. The monoisotopic (exact) mass is 313 g/mol. The molecule has 0 aromatic heterocycles. The number of amides is 1. The molecule has 0 aliphatic heterocycles. The van der Waals surface area contributed by atoms with Crippen molar-refractivity contribution in [3.8, 4) is 0 Å². The minimum Gasteiger partial charge on any atom is -0.365 e. The van der Waals surface area contributed by atoms with Crippen LogP contribution in [-0.4, -0.2) is 47.2 Å². The summed E-state index contributed by atoms with van der Waals surface area (Å²) >= 11 is 0. The molecular weight excluding hydrogens is 294 g/mol. The van der Waals surface area contributed by atoms with Gasteiger partial charge in [0, 0.05) is 54.6 Å². The second-order valence-corrected chi connectivity index (χ2v) is 6.22. The first-order valence-corrected chi connectivity index (χ1v) is 8.04. The SMILES string of the molecule is CNC(=O)c1ccc(N(C)C(C)CS(C)=O)c([N+](=O)[O-])c1. The molecule has 0 saturated carbocycles. The molecule has 1 aromatic rings. The summed E-state index contributed by atoms with van der Waals surface area (Å²) in [5.41, 5.74) is 0.478. The molecule has 0 heterocycles. The van der Waals surface area contributed by atoms with Crippen LogP contribution in [0.15, 0.2) is 18.2 Å². The molecule has 0 bridgehead atoms. The highest BCUT2D eigenvalue weighted by molar-refractivity contribution is 7.84. The third kappa shape index (κ3) is 4.25. The van der Waals surface area contributed by atoms with E-state index < -0.39 is 15.7 Å². The lowest BCUT2D eigenvalue weighted by atomic mass is 10.1. The van der Waals surface area contributed by atoms with Crippen LogP contribution >= 0.6 is 0 Å². The Morgan fingerprint density at radius 1 is 1.52 bits per heavy atom. The number of carbonyl (C=O) groups excluding carboxylic acids is 1. The summed E-state index contributed by atoms with van der Waals surface area (Å²) in [7, 11) is 2.18. The van der Waals surface area contributed by atoms with Crippen LogP contribution in [0.1, 0.15) is 17.3 Å². The minimum atomic E-state index is -0.996. The van der Waals surface area contributed by atoms with Crippen LogP contribution in [0.5, 0.6) is 0 Å². The smallest absolute Gasteiger partial charge is 0.293 e. The maximum absolute atomic E-state index is 11.6. The van der Waals surface area contributed by atoms with E-state index in [1.54, 1.807) is 18.2 Å². The van der Waals surface area contributed by atoms with Crippen LogP contribution in [0.4, 0.5) is 11.4 Å². The van der Waals surface area contributed by atoms with Crippen molar-refractivity contribution < 1.29 is 13.9 Å². The maximum Gasteiger partial charge on any atom is 0.293 e. The quantitative estimate of drug-likeness (QED) is 0.628. The van der Waals surface area contributed by atoms with E-state index in [0.29, 0.717) is 11.4 Å². The van der Waals surface area contributed by atoms with Gasteiger partial charge in [-0.25, -0.2) is 0 Å². The zero-order valence-corrected chi connectivity index (χ0v) is 13.3. The van der Waals surface area contributed by atoms with E-state index in [0.717, 1.165) is 0 Å². The van der Waals surface area contributed by atoms with Gasteiger partial charge < -0.3 is 10.2 Å². The summed E-state index contributed by atoms with van der Waals surface area (Å²) in [4.78, 5) is 24.0. The molecule has 1 rings (SSSR count). The Balaban J connectivity index is 3.20. The third-order valence-electron chi connectivity index (χ3n) is 3.18. The number of nitrogens with zero attached hydrogens (tertiary/aromatic N) is 2. The summed E-state index contributed by atoms with van der Waals surface area (Å²) in [5.74, 6) is 0.0280. The average molecular weight is 313 g/mol. The summed E-state index contributed by atoms with van der Waals surface area (Å²) < 4.78 is 11.3. The summed E-state index contributed by atoms with van der Waals surface area (Å²) in [6.07, 6.45) is 1.59. The number of benzene rings is 1. The first-order valence-electron chi connectivity index (χ1n) is 6.31. The number of carbonyl (C=O) groups is 1. The summed E-state index contributed by atoms with van der Waals surface area (Å²) in [6.45, 7) is 1.85. The number of nitrogens with one attached hydrogen (secondary N) is 1. The van der Waals surface area contributed by atoms with Gasteiger partial charge in [-0.1, -0.05) is 0 Å². The molecule has 1 N–H and O–H groups in total. The minimum absolute atomic E-state index is 0.125. The number of nitro groups is 1. The van der Waals surface area contributed by atoms with Crippen LogP contribution in [-0.2, 0) is 10.8 Å². The molecule has 0 radical (unpaired) electrons. The van der Waals surface area contributed by atoms with Gasteiger partial charge in [0.1, 0.15) is 5.69 Å². The normalized spacial score (nSPS) is 13.3. The lowest BCUT2D eigenvalue weighted by Gasteiger charge is -2.26. The van der Waals surface area contributed by atoms with E-state index >= 15 is 0 Å². The van der Waals surface area contributed by atoms with Crippen molar-refractivity contribution in [1.29, 1.82) is 0 Å². The van der Waals surface area contributed by atoms with E-state index in [2.05, 4.69) is 5.32 Å². The van der Waals surface area contributed by atoms with E-state index in [4.69, 9.17) is 0 Å². The Kier molecular flexibility index (Phi) is 5.83. The lowest BCUT2D eigenvalue weighted by molar-refractivity contribution is -0.384. The average Bonchev–Trinajstić information content (AvgIpc) is 2.44. The molecule has 0 aliphatic carbocycles. The van der Waals surface area contributed by atoms with E-state index in [-0.39, 0.29) is 23.2 Å². The zero-order chi connectivity index (χ0) is 16.2. The highest BCUT2D eigenvalue weighted by atomic mass is 32.2. The van der Waals surface area contributed by atoms with Crippen LogP contribution in [0.3, 0.4) is 0 Å². The molecule has 0 saturated heterocycles. The highest BCUT2D eigenvalue weighted by Crippen LogP contribution is 2.29. The fourth-order valence-electron chi connectivity index (χ4n) is 1.94. The second-order valence-electron chi connectivity index (χ2n) is 4.74. The van der Waals surface area contributed by atoms with Crippen LogP contribution in [0.25, 0.3) is 0 Å². The first-order chi connectivity index (χ1) is 9.77. The predicted octanol–water partition coefficient (Wildman–Crippen LogP) is 1.16. The first kappa shape index (κ1) is 17.1. The molecule has 116 valence electrons. The van der Waals surface area contributed by atoms with Crippen molar-refractivity contribution in [3.05, 3.63) is 33.9 Å². The van der Waals surface area contributed by atoms with Gasteiger partial charge in [-0.2, -0.15) is 0 Å². The molecule has 0 spiro atoms. The van der Waals surface area contributed by atoms with Gasteiger partial charge in [0.2, 0.25) is 0 Å². The van der Waals surface area contributed by atoms with Gasteiger partial charge in [0.15, 0.2) is 0 Å². The van der Waals surface area contributed by atoms with Crippen LogP contribution in [0, 0.1) is 10.1 Å². The Bertz CT molecular complexity index is 577. The molecule has 7 nitrogen and oxygen atoms in total. The van der Waals surface area contributed by atoms with Crippen molar-refractivity contribution in [2.45, 2.75) is 13.0 Å². The Morgan fingerprint density at radius 2 is 2.14 bits per heavy atom.